The molecule has 0 fully saturated rings. The molecule has 4 N–H and O–H groups in total. The summed E-state index contributed by atoms with van der Waals surface area (Å²) in [6.07, 6.45) is 0. The Morgan fingerprint density at radius 1 is 0.700 bits per heavy atom. The molecule has 0 spiro atoms. The highest BCUT2D eigenvalue weighted by molar-refractivity contribution is 6.18. The third-order valence-electron chi connectivity index (χ3n) is 7.04. The first-order valence-electron chi connectivity index (χ1n) is 11.9. The number of carboxylic acid groups (broad SMARTS) is 3. The molecule has 0 saturated carbocycles. The van der Waals surface area contributed by atoms with Crippen molar-refractivity contribution in [2.45, 2.75) is 26.2 Å². The van der Waals surface area contributed by atoms with Gasteiger partial charge in [-0.15, -0.1) is 0 Å². The number of hydrogen-bond donors (Lipinski definition) is 4. The fourth-order valence-electron chi connectivity index (χ4n) is 5.41. The molecule has 0 unspecified atom stereocenters. The number of carbonyl (C=O) groups is 3. The Labute approximate surface area is 223 Å². The van der Waals surface area contributed by atoms with Gasteiger partial charge in [0, 0.05) is 27.5 Å². The van der Waals surface area contributed by atoms with Crippen LogP contribution in [-0.4, -0.2) is 58.2 Å². The van der Waals surface area contributed by atoms with E-state index in [1.165, 1.54) is 12.1 Å². The summed E-state index contributed by atoms with van der Waals surface area (Å²) in [5.74, 6) is -4.63. The minimum absolute atomic E-state index is 0.0294. The Hall–Kier alpha value is -5.13. The van der Waals surface area contributed by atoms with Gasteiger partial charge in [-0.05, 0) is 49.4 Å². The number of aliphatic carboxylic acids is 3. The molecule has 0 atom stereocenters. The van der Waals surface area contributed by atoms with E-state index in [0.29, 0.717) is 21.9 Å². The van der Waals surface area contributed by atoms with Gasteiger partial charge in [0.05, 0.1) is 15.8 Å². The smallest absolute Gasteiger partial charge is 0.341 e. The fourth-order valence-corrected chi connectivity index (χ4v) is 5.41. The third-order valence-corrected chi connectivity index (χ3v) is 7.04. The Morgan fingerprint density at radius 3 is 1.77 bits per heavy atom. The van der Waals surface area contributed by atoms with Gasteiger partial charge in [-0.2, -0.15) is 0 Å². The predicted octanol–water partition coefficient (Wildman–Crippen LogP) is 1.25. The summed E-state index contributed by atoms with van der Waals surface area (Å²) in [7, 11) is 0. The van der Waals surface area contributed by atoms with Gasteiger partial charge in [-0.1, -0.05) is 0 Å². The Kier molecular flexibility index (Phi) is 5.94. The first-order valence-corrected chi connectivity index (χ1v) is 11.9. The second kappa shape index (κ2) is 8.97. The van der Waals surface area contributed by atoms with E-state index < -0.39 is 54.0 Å². The molecular formula is C28H22O12. The van der Waals surface area contributed by atoms with Gasteiger partial charge in [0.25, 0.3) is 0 Å². The molecule has 5 rings (SSSR count). The van der Waals surface area contributed by atoms with Crippen molar-refractivity contribution in [3.63, 3.8) is 0 Å². The van der Waals surface area contributed by atoms with Crippen LogP contribution in [0.3, 0.4) is 0 Å². The quantitative estimate of drug-likeness (QED) is 0.233. The minimum Gasteiger partial charge on any atom is -0.511 e. The normalized spacial score (nSPS) is 13.7. The van der Waals surface area contributed by atoms with Crippen LogP contribution in [0, 0.1) is 17.4 Å². The van der Waals surface area contributed by atoms with Crippen LogP contribution in [0.1, 0.15) is 25.0 Å². The van der Waals surface area contributed by atoms with Gasteiger partial charge in [0.2, 0.25) is 5.43 Å². The number of carboxylic acids is 3. The van der Waals surface area contributed by atoms with Crippen LogP contribution in [0.5, 0.6) is 17.2 Å². The molecule has 3 aliphatic rings. The van der Waals surface area contributed by atoms with E-state index in [2.05, 4.69) is 0 Å². The van der Waals surface area contributed by atoms with E-state index in [1.807, 2.05) is 0 Å². The van der Waals surface area contributed by atoms with E-state index in [9.17, 15) is 39.3 Å². The molecule has 2 aromatic carbocycles. The van der Waals surface area contributed by atoms with Gasteiger partial charge in [0.15, 0.2) is 25.2 Å². The van der Waals surface area contributed by atoms with E-state index in [1.54, 1.807) is 20.8 Å². The lowest BCUT2D eigenvalue weighted by Crippen LogP contribution is -2.39. The second-order valence-corrected chi connectivity index (χ2v) is 9.96. The van der Waals surface area contributed by atoms with E-state index in [0.717, 1.165) is 6.07 Å². The van der Waals surface area contributed by atoms with Crippen LogP contribution >= 0.6 is 0 Å². The fraction of sp³-hybridized carbons (Fsp3) is 0.250. The molecule has 0 bridgehead atoms. The Bertz CT molecular complexity index is 2030. The zero-order valence-electron chi connectivity index (χ0n) is 21.4. The lowest BCUT2D eigenvalue weighted by atomic mass is 9.73. The van der Waals surface area contributed by atoms with Crippen LogP contribution in [-0.2, 0) is 19.8 Å². The molecular weight excluding hydrogens is 528 g/mol. The molecule has 40 heavy (non-hydrogen) atoms. The van der Waals surface area contributed by atoms with Crippen LogP contribution in [0.15, 0.2) is 27.8 Å². The summed E-state index contributed by atoms with van der Waals surface area (Å²) in [5, 5.41) is 39.4. The number of aliphatic hydroxyl groups excluding tert-OH is 1. The van der Waals surface area contributed by atoms with Crippen molar-refractivity contribution in [3.05, 3.63) is 65.4 Å². The van der Waals surface area contributed by atoms with Crippen molar-refractivity contribution in [1.29, 1.82) is 0 Å². The number of ether oxygens (including phenoxy) is 3. The SMILES string of the molecule is Cc1cc(OCC(=O)O)c2c(=O)c3c(OCC(=O)O)cc(=O)c4c=3c3c(cc(OCC(=O)O)c1c23)C(C)(C)C=4O. The van der Waals surface area contributed by atoms with Gasteiger partial charge < -0.3 is 34.6 Å². The maximum Gasteiger partial charge on any atom is 0.341 e. The average Bonchev–Trinajstić information content (AvgIpc) is 2.86. The van der Waals surface area contributed by atoms with Crippen LogP contribution in [0.2, 0.25) is 0 Å². The zero-order chi connectivity index (χ0) is 29.3. The topological polar surface area (TPSA) is 194 Å². The second-order valence-electron chi connectivity index (χ2n) is 9.96. The molecule has 0 aromatic heterocycles. The lowest BCUT2D eigenvalue weighted by Gasteiger charge is -2.32. The highest BCUT2D eigenvalue weighted by Crippen LogP contribution is 2.47. The molecule has 206 valence electrons. The Balaban J connectivity index is 2.14. The summed E-state index contributed by atoms with van der Waals surface area (Å²) < 4.78 is 16.5. The average molecular weight is 550 g/mol. The van der Waals surface area contributed by atoms with Gasteiger partial charge >= 0.3 is 17.9 Å². The highest BCUT2D eigenvalue weighted by atomic mass is 16.5. The summed E-state index contributed by atoms with van der Waals surface area (Å²) in [6.45, 7) is 2.52. The number of aliphatic hydroxyl groups is 1. The summed E-state index contributed by atoms with van der Waals surface area (Å²) >= 11 is 0. The van der Waals surface area contributed by atoms with Crippen molar-refractivity contribution >= 4 is 45.2 Å². The standard InChI is InChI=1S/C28H22O12/c1-10-4-13(38-7-16(30)31)22-24-19(10)14(39-8-17(32)33)5-11-20(24)25-21(27(37)28(11,2)3)12(29)6-15(23(25)26(22)36)40-9-18(34)35/h4-6,37H,7-9H2,1-3H3,(H,30,31)(H,32,33)(H,34,35). The molecule has 0 aliphatic heterocycles. The highest BCUT2D eigenvalue weighted by Gasteiger charge is 2.37. The van der Waals surface area contributed by atoms with Crippen molar-refractivity contribution < 1.29 is 49.0 Å². The molecule has 12 heteroatoms. The molecule has 0 heterocycles. The van der Waals surface area contributed by atoms with Crippen LogP contribution in [0.25, 0.3) is 27.3 Å². The Morgan fingerprint density at radius 2 is 1.23 bits per heavy atom. The lowest BCUT2D eigenvalue weighted by molar-refractivity contribution is -0.140. The van der Waals surface area contributed by atoms with Gasteiger partial charge in [-0.25, -0.2) is 14.4 Å². The largest absolute Gasteiger partial charge is 0.511 e. The molecule has 12 nitrogen and oxygen atoms in total. The maximum absolute atomic E-state index is 14.2. The molecule has 2 aromatic rings. The summed E-state index contributed by atoms with van der Waals surface area (Å²) in [4.78, 5) is 61.4. The van der Waals surface area contributed by atoms with Crippen molar-refractivity contribution in [2.24, 2.45) is 0 Å². The zero-order valence-corrected chi connectivity index (χ0v) is 21.4. The summed E-state index contributed by atoms with van der Waals surface area (Å²) in [5.41, 5.74) is -1.88. The minimum atomic E-state index is -1.36. The monoisotopic (exact) mass is 550 g/mol. The first kappa shape index (κ1) is 26.5. The maximum atomic E-state index is 14.2. The van der Waals surface area contributed by atoms with E-state index in [4.69, 9.17) is 19.3 Å². The van der Waals surface area contributed by atoms with E-state index in [-0.39, 0.29) is 49.4 Å². The molecule has 3 aliphatic carbocycles. The van der Waals surface area contributed by atoms with Crippen LogP contribution in [0.4, 0.5) is 0 Å². The van der Waals surface area contributed by atoms with Gasteiger partial charge in [-0.3, -0.25) is 9.59 Å². The van der Waals surface area contributed by atoms with Crippen molar-refractivity contribution in [3.8, 4) is 17.2 Å². The third kappa shape index (κ3) is 3.79. The number of hydrogen-bond acceptors (Lipinski definition) is 9. The predicted molar refractivity (Wildman–Crippen MR) is 139 cm³/mol. The first-order chi connectivity index (χ1) is 18.7. The number of aryl methyl sites for hydroxylation is 1. The van der Waals surface area contributed by atoms with Gasteiger partial charge in [0.1, 0.15) is 23.0 Å². The number of rotatable bonds is 9. The van der Waals surface area contributed by atoms with E-state index >= 15 is 0 Å². The molecule has 0 saturated heterocycles. The van der Waals surface area contributed by atoms with Crippen molar-refractivity contribution in [1.82, 2.24) is 0 Å². The summed E-state index contributed by atoms with van der Waals surface area (Å²) in [6, 6.07) is 3.88. The number of benzene rings is 2. The molecule has 0 amide bonds. The molecule has 0 radical (unpaired) electrons. The van der Waals surface area contributed by atoms with Crippen LogP contribution < -0.4 is 30.3 Å². The van der Waals surface area contributed by atoms with Crippen molar-refractivity contribution in [2.75, 3.05) is 19.8 Å².